The zero-order valence-corrected chi connectivity index (χ0v) is 24.6. The Kier molecular flexibility index (Phi) is 7.37. The third-order valence-corrected chi connectivity index (χ3v) is 11.3. The maximum absolute atomic E-state index is 13.2. The van der Waals surface area contributed by atoms with E-state index in [2.05, 4.69) is 20.4 Å². The van der Waals surface area contributed by atoms with Crippen molar-refractivity contribution in [3.63, 3.8) is 0 Å². The molecule has 3 aromatic carbocycles. The normalized spacial score (nSPS) is 16.5. The molecule has 0 saturated carbocycles. The van der Waals surface area contributed by atoms with Crippen LogP contribution in [0.1, 0.15) is 18.4 Å². The molecule has 1 aliphatic carbocycles. The molecule has 0 amide bonds. The molecule has 2 aromatic heterocycles. The first-order valence-electron chi connectivity index (χ1n) is 13.4. The van der Waals surface area contributed by atoms with Gasteiger partial charge in [-0.25, -0.2) is 0 Å². The quantitative estimate of drug-likeness (QED) is 0.236. The predicted octanol–water partition coefficient (Wildman–Crippen LogP) is 4.31. The van der Waals surface area contributed by atoms with Crippen molar-refractivity contribution in [1.82, 2.24) is 30.0 Å². The maximum Gasteiger partial charge on any atom is 0.292 e. The Morgan fingerprint density at radius 3 is 1.57 bits per heavy atom. The molecule has 0 spiro atoms. The van der Waals surface area contributed by atoms with Crippen LogP contribution >= 0.6 is 0 Å². The number of hydrogen-bond acceptors (Lipinski definition) is 8. The Balaban J connectivity index is 1.59. The van der Waals surface area contributed by atoms with Crippen molar-refractivity contribution in [2.75, 3.05) is 0 Å². The molecule has 2 N–H and O–H groups in total. The van der Waals surface area contributed by atoms with E-state index in [0.717, 1.165) is 9.59 Å². The minimum atomic E-state index is -5.57. The summed E-state index contributed by atoms with van der Waals surface area (Å²) in [5.74, 6) is 0. The van der Waals surface area contributed by atoms with Gasteiger partial charge in [0, 0.05) is 24.0 Å². The number of rotatable bonds is 8. The van der Waals surface area contributed by atoms with Crippen LogP contribution in [0.2, 0.25) is 0 Å². The van der Waals surface area contributed by atoms with Crippen LogP contribution < -0.4 is 0 Å². The lowest BCUT2D eigenvalue weighted by molar-refractivity contribution is 0.110. The summed E-state index contributed by atoms with van der Waals surface area (Å²) in [6.07, 6.45) is 5.85. The molecule has 44 heavy (non-hydrogen) atoms. The van der Waals surface area contributed by atoms with E-state index in [9.17, 15) is 25.9 Å². The van der Waals surface area contributed by atoms with Gasteiger partial charge in [-0.2, -0.15) is 46.8 Å². The van der Waals surface area contributed by atoms with Gasteiger partial charge in [-0.3, -0.25) is 9.11 Å². The van der Waals surface area contributed by atoms with Crippen molar-refractivity contribution in [3.05, 3.63) is 127 Å². The van der Waals surface area contributed by atoms with Crippen molar-refractivity contribution in [3.8, 4) is 22.5 Å². The van der Waals surface area contributed by atoms with Crippen LogP contribution in [-0.2, 0) is 25.9 Å². The van der Waals surface area contributed by atoms with Crippen LogP contribution in [0.5, 0.6) is 0 Å². The average molecular weight is 631 g/mol. The summed E-state index contributed by atoms with van der Waals surface area (Å²) in [7, 11) is -11.1. The third-order valence-electron chi connectivity index (χ3n) is 7.56. The molecule has 12 nitrogen and oxygen atoms in total. The molecule has 14 heteroatoms. The Morgan fingerprint density at radius 1 is 0.659 bits per heavy atom. The number of nitrogens with zero attached hydrogens (tertiary/aromatic N) is 6. The second-order valence-corrected chi connectivity index (χ2v) is 13.8. The Labute approximate surface area is 253 Å². The molecular weight excluding hydrogens is 605 g/mol. The number of allylic oxidation sites excluding steroid dienone is 2. The first kappa shape index (κ1) is 29.3. The average Bonchev–Trinajstić information content (AvgIpc) is 3.72. The van der Waals surface area contributed by atoms with Crippen LogP contribution in [0.25, 0.3) is 28.6 Å². The third kappa shape index (κ3) is 5.07. The Morgan fingerprint density at radius 2 is 1.11 bits per heavy atom. The SMILES string of the molecule is O=S(=O)(O)C1(S(=O)(=O)O)CC(n2ncc(-c3ccccc3)n2)(n2ncc(-c3ccccc3)n2)CC=C1C=Cc1ccccc1. The molecule has 1 aliphatic rings. The van der Waals surface area contributed by atoms with E-state index >= 15 is 0 Å². The lowest BCUT2D eigenvalue weighted by Gasteiger charge is -2.42. The highest BCUT2D eigenvalue weighted by atomic mass is 32.3. The molecule has 2 heterocycles. The van der Waals surface area contributed by atoms with Crippen LogP contribution in [0.4, 0.5) is 0 Å². The summed E-state index contributed by atoms with van der Waals surface area (Å²) in [6.45, 7) is 0. The molecule has 0 radical (unpaired) electrons. The van der Waals surface area contributed by atoms with Crippen molar-refractivity contribution < 1.29 is 25.9 Å². The number of hydrogen-bond donors (Lipinski definition) is 2. The fourth-order valence-corrected chi connectivity index (χ4v) is 8.12. The molecule has 0 fully saturated rings. The minimum Gasteiger partial charge on any atom is -0.284 e. The minimum absolute atomic E-state index is 0.111. The highest BCUT2D eigenvalue weighted by Gasteiger charge is 2.64. The standard InChI is InChI=1S/C30H26N6O6S2/c37-43(38,39)30(44(40,41)42)22-29(19-18-26(30)17-16-23-10-4-1-5-11-23,35-31-20-27(33-35)24-12-6-2-7-13-24)36-32-21-28(34-36)25-14-8-3-9-15-25/h1-18,20-21H,19,22H2,(H,37,38,39)(H,40,41,42). The maximum atomic E-state index is 13.2. The van der Waals surface area contributed by atoms with Gasteiger partial charge in [0.15, 0.2) is 5.66 Å². The predicted molar refractivity (Wildman–Crippen MR) is 163 cm³/mol. The van der Waals surface area contributed by atoms with E-state index in [0.29, 0.717) is 28.1 Å². The van der Waals surface area contributed by atoms with Gasteiger partial charge < -0.3 is 0 Å². The second-order valence-electron chi connectivity index (χ2n) is 10.2. The summed E-state index contributed by atoms with van der Waals surface area (Å²) >= 11 is 0. The first-order chi connectivity index (χ1) is 21.0. The van der Waals surface area contributed by atoms with E-state index in [1.807, 2.05) is 36.4 Å². The summed E-state index contributed by atoms with van der Waals surface area (Å²) in [5, 5.41) is 18.0. The van der Waals surface area contributed by atoms with Gasteiger partial charge in [0.1, 0.15) is 11.4 Å². The van der Waals surface area contributed by atoms with Crippen LogP contribution in [0.3, 0.4) is 0 Å². The zero-order chi connectivity index (χ0) is 31.0. The molecule has 224 valence electrons. The zero-order valence-electron chi connectivity index (χ0n) is 23.0. The van der Waals surface area contributed by atoms with Gasteiger partial charge in [-0.15, -0.1) is 0 Å². The van der Waals surface area contributed by atoms with Crippen molar-refractivity contribution >= 4 is 26.3 Å². The Hall–Kier alpha value is -4.76. The first-order valence-corrected chi connectivity index (χ1v) is 16.3. The van der Waals surface area contributed by atoms with Crippen LogP contribution in [-0.4, -0.2) is 60.0 Å². The van der Waals surface area contributed by atoms with Gasteiger partial charge in [-0.05, 0) is 11.1 Å². The Bertz CT molecular complexity index is 1970. The number of benzene rings is 3. The van der Waals surface area contributed by atoms with Gasteiger partial charge in [0.05, 0.1) is 12.4 Å². The topological polar surface area (TPSA) is 170 Å². The monoisotopic (exact) mass is 630 g/mol. The number of aromatic nitrogens is 6. The summed E-state index contributed by atoms with van der Waals surface area (Å²) in [6, 6.07) is 26.8. The van der Waals surface area contributed by atoms with Crippen LogP contribution in [0.15, 0.2) is 121 Å². The summed E-state index contributed by atoms with van der Waals surface area (Å²) in [4.78, 5) is 2.26. The van der Waals surface area contributed by atoms with E-state index in [1.54, 1.807) is 54.6 Å². The van der Waals surface area contributed by atoms with Crippen molar-refractivity contribution in [2.24, 2.45) is 0 Å². The van der Waals surface area contributed by atoms with Gasteiger partial charge in [0.2, 0.25) is 0 Å². The van der Waals surface area contributed by atoms with E-state index in [-0.39, 0.29) is 12.0 Å². The van der Waals surface area contributed by atoms with Crippen molar-refractivity contribution in [1.29, 1.82) is 0 Å². The highest BCUT2D eigenvalue weighted by Crippen LogP contribution is 2.48. The molecule has 0 bridgehead atoms. The van der Waals surface area contributed by atoms with Crippen LogP contribution in [0, 0.1) is 0 Å². The molecule has 0 saturated heterocycles. The van der Waals surface area contributed by atoms with E-state index < -0.39 is 36.4 Å². The fraction of sp³-hybridized carbons (Fsp3) is 0.133. The molecule has 0 unspecified atom stereocenters. The lowest BCUT2D eigenvalue weighted by Crippen LogP contribution is -2.59. The lowest BCUT2D eigenvalue weighted by atomic mass is 9.88. The smallest absolute Gasteiger partial charge is 0.284 e. The molecule has 0 atom stereocenters. The second kappa shape index (κ2) is 11.1. The molecule has 0 aliphatic heterocycles. The van der Waals surface area contributed by atoms with Gasteiger partial charge in [-0.1, -0.05) is 109 Å². The molecule has 5 aromatic rings. The highest BCUT2D eigenvalue weighted by molar-refractivity contribution is 8.05. The van der Waals surface area contributed by atoms with Crippen molar-refractivity contribution in [2.45, 2.75) is 22.6 Å². The summed E-state index contributed by atoms with van der Waals surface area (Å²) in [5.41, 5.74) is 0.629. The largest absolute Gasteiger partial charge is 0.292 e. The van der Waals surface area contributed by atoms with E-state index in [4.69, 9.17) is 0 Å². The summed E-state index contributed by atoms with van der Waals surface area (Å²) < 4.78 is 70.9. The van der Waals surface area contributed by atoms with Gasteiger partial charge >= 0.3 is 0 Å². The van der Waals surface area contributed by atoms with E-state index in [1.165, 1.54) is 30.6 Å². The molecule has 6 rings (SSSR count). The fourth-order valence-electron chi connectivity index (χ4n) is 5.33. The molecular formula is C30H26N6O6S2. The van der Waals surface area contributed by atoms with Gasteiger partial charge in [0.25, 0.3) is 24.3 Å².